The lowest BCUT2D eigenvalue weighted by Gasteiger charge is -2.25. The third-order valence-electron chi connectivity index (χ3n) is 3.03. The monoisotopic (exact) mass is 265 g/mol. The Morgan fingerprint density at radius 1 is 1.24 bits per heavy atom. The average Bonchev–Trinajstić information content (AvgIpc) is 2.30. The zero-order valence-electron chi connectivity index (χ0n) is 11.5. The predicted molar refractivity (Wildman–Crippen MR) is 72.1 cm³/mol. The van der Waals surface area contributed by atoms with Crippen LogP contribution in [0.15, 0.2) is 0 Å². The number of likely N-dealkylation sites (N-methyl/N-ethyl adjacent to an activating group) is 1. The van der Waals surface area contributed by atoms with E-state index in [4.69, 9.17) is 4.74 Å². The fourth-order valence-corrected chi connectivity index (χ4v) is 2.86. The van der Waals surface area contributed by atoms with E-state index in [2.05, 4.69) is 19.2 Å². The first-order chi connectivity index (χ1) is 8.00. The largest absolute Gasteiger partial charge is 0.380 e. The van der Waals surface area contributed by atoms with Crippen LogP contribution in [0.3, 0.4) is 0 Å². The van der Waals surface area contributed by atoms with Crippen LogP contribution in [0, 0.1) is 0 Å². The summed E-state index contributed by atoms with van der Waals surface area (Å²) in [5, 5.41) is 3.37. The number of ether oxygens (including phenoxy) is 1. The SMILES string of the molecule is CCNC(CCCS(=O)(=O)CC)C(CC)OC. The molecule has 0 bridgehead atoms. The quantitative estimate of drug-likeness (QED) is 0.652. The summed E-state index contributed by atoms with van der Waals surface area (Å²) in [5.41, 5.74) is 0. The molecular weight excluding hydrogens is 238 g/mol. The van der Waals surface area contributed by atoms with Crippen molar-refractivity contribution in [3.8, 4) is 0 Å². The van der Waals surface area contributed by atoms with E-state index in [9.17, 15) is 8.42 Å². The molecule has 0 aromatic heterocycles. The van der Waals surface area contributed by atoms with E-state index in [1.54, 1.807) is 14.0 Å². The molecule has 0 aliphatic carbocycles. The van der Waals surface area contributed by atoms with Gasteiger partial charge in [0.1, 0.15) is 9.84 Å². The lowest BCUT2D eigenvalue weighted by Crippen LogP contribution is -2.40. The highest BCUT2D eigenvalue weighted by molar-refractivity contribution is 7.91. The summed E-state index contributed by atoms with van der Waals surface area (Å²) in [7, 11) is -1.13. The van der Waals surface area contributed by atoms with E-state index in [0.717, 1.165) is 19.4 Å². The minimum absolute atomic E-state index is 0.166. The van der Waals surface area contributed by atoms with Crippen LogP contribution in [0.4, 0.5) is 0 Å². The van der Waals surface area contributed by atoms with E-state index < -0.39 is 9.84 Å². The van der Waals surface area contributed by atoms with Crippen LogP contribution in [0.25, 0.3) is 0 Å². The van der Waals surface area contributed by atoms with Crippen LogP contribution in [-0.4, -0.2) is 45.7 Å². The molecule has 0 rings (SSSR count). The predicted octanol–water partition coefficient (Wildman–Crippen LogP) is 1.60. The van der Waals surface area contributed by atoms with Gasteiger partial charge in [0.15, 0.2) is 0 Å². The molecule has 17 heavy (non-hydrogen) atoms. The molecule has 0 heterocycles. The standard InChI is InChI=1S/C12H27NO3S/c1-5-12(16-4)11(13-6-2)9-8-10-17(14,15)7-3/h11-13H,5-10H2,1-4H3. The maximum atomic E-state index is 11.4. The maximum Gasteiger partial charge on any atom is 0.150 e. The van der Waals surface area contributed by atoms with Crippen LogP contribution >= 0.6 is 0 Å². The summed E-state index contributed by atoms with van der Waals surface area (Å²) in [5.74, 6) is 0.520. The van der Waals surface area contributed by atoms with Gasteiger partial charge in [0, 0.05) is 18.9 Å². The van der Waals surface area contributed by atoms with Gasteiger partial charge in [-0.15, -0.1) is 0 Å². The van der Waals surface area contributed by atoms with E-state index in [1.807, 2.05) is 0 Å². The van der Waals surface area contributed by atoms with Crippen molar-refractivity contribution >= 4 is 9.84 Å². The molecule has 5 heteroatoms. The number of sulfone groups is 1. The summed E-state index contributed by atoms with van der Waals surface area (Å²) in [6.45, 7) is 6.71. The highest BCUT2D eigenvalue weighted by Crippen LogP contribution is 2.10. The molecule has 0 fully saturated rings. The highest BCUT2D eigenvalue weighted by atomic mass is 32.2. The maximum absolute atomic E-state index is 11.4. The summed E-state index contributed by atoms with van der Waals surface area (Å²) in [6.07, 6.45) is 2.65. The molecule has 0 saturated heterocycles. The molecule has 104 valence electrons. The Balaban J connectivity index is 4.17. The lowest BCUT2D eigenvalue weighted by molar-refractivity contribution is 0.0628. The molecule has 0 aromatic rings. The Labute approximate surface area is 106 Å². The molecule has 0 saturated carbocycles. The van der Waals surface area contributed by atoms with Crippen LogP contribution in [0.1, 0.15) is 40.0 Å². The minimum Gasteiger partial charge on any atom is -0.380 e. The van der Waals surface area contributed by atoms with Crippen molar-refractivity contribution in [1.29, 1.82) is 0 Å². The average molecular weight is 265 g/mol. The fourth-order valence-electron chi connectivity index (χ4n) is 1.96. The van der Waals surface area contributed by atoms with Gasteiger partial charge < -0.3 is 10.1 Å². The van der Waals surface area contributed by atoms with Crippen molar-refractivity contribution in [2.75, 3.05) is 25.2 Å². The van der Waals surface area contributed by atoms with E-state index >= 15 is 0 Å². The van der Waals surface area contributed by atoms with Crippen molar-refractivity contribution in [1.82, 2.24) is 5.32 Å². The lowest BCUT2D eigenvalue weighted by atomic mass is 10.0. The fraction of sp³-hybridized carbons (Fsp3) is 1.00. The first-order valence-electron chi connectivity index (χ1n) is 6.47. The Hall–Kier alpha value is -0.130. The van der Waals surface area contributed by atoms with E-state index in [1.165, 1.54) is 0 Å². The Morgan fingerprint density at radius 3 is 2.29 bits per heavy atom. The first-order valence-corrected chi connectivity index (χ1v) is 8.29. The minimum atomic E-state index is -2.84. The second-order valence-electron chi connectivity index (χ2n) is 4.23. The Kier molecular flexibility index (Phi) is 8.82. The Morgan fingerprint density at radius 2 is 1.88 bits per heavy atom. The van der Waals surface area contributed by atoms with Crippen molar-refractivity contribution < 1.29 is 13.2 Å². The summed E-state index contributed by atoms with van der Waals surface area (Å²) in [6, 6.07) is 0.252. The highest BCUT2D eigenvalue weighted by Gasteiger charge is 2.19. The topological polar surface area (TPSA) is 55.4 Å². The Bertz CT molecular complexity index is 273. The van der Waals surface area contributed by atoms with Crippen LogP contribution in [0.5, 0.6) is 0 Å². The number of hydrogen-bond donors (Lipinski definition) is 1. The van der Waals surface area contributed by atoms with Gasteiger partial charge >= 0.3 is 0 Å². The molecular formula is C12H27NO3S. The van der Waals surface area contributed by atoms with Gasteiger partial charge in [-0.25, -0.2) is 8.42 Å². The number of hydrogen-bond acceptors (Lipinski definition) is 4. The zero-order chi connectivity index (χ0) is 13.3. The third-order valence-corrected chi connectivity index (χ3v) is 4.82. The zero-order valence-corrected chi connectivity index (χ0v) is 12.3. The molecule has 0 spiro atoms. The van der Waals surface area contributed by atoms with E-state index in [-0.39, 0.29) is 23.7 Å². The van der Waals surface area contributed by atoms with Crippen LogP contribution < -0.4 is 5.32 Å². The van der Waals surface area contributed by atoms with Gasteiger partial charge in [-0.3, -0.25) is 0 Å². The van der Waals surface area contributed by atoms with Gasteiger partial charge in [0.2, 0.25) is 0 Å². The van der Waals surface area contributed by atoms with Crippen molar-refractivity contribution in [2.45, 2.75) is 52.2 Å². The number of nitrogens with one attached hydrogen (secondary N) is 1. The second-order valence-corrected chi connectivity index (χ2v) is 6.70. The van der Waals surface area contributed by atoms with Crippen molar-refractivity contribution in [2.24, 2.45) is 0 Å². The van der Waals surface area contributed by atoms with Crippen LogP contribution in [-0.2, 0) is 14.6 Å². The van der Waals surface area contributed by atoms with Gasteiger partial charge in [-0.05, 0) is 25.8 Å². The van der Waals surface area contributed by atoms with Crippen LogP contribution in [0.2, 0.25) is 0 Å². The van der Waals surface area contributed by atoms with Crippen molar-refractivity contribution in [3.63, 3.8) is 0 Å². The molecule has 2 unspecified atom stereocenters. The molecule has 1 N–H and O–H groups in total. The molecule has 4 nitrogen and oxygen atoms in total. The van der Waals surface area contributed by atoms with Crippen molar-refractivity contribution in [3.05, 3.63) is 0 Å². The second kappa shape index (κ2) is 8.89. The number of methoxy groups -OCH3 is 1. The van der Waals surface area contributed by atoms with Gasteiger partial charge in [-0.1, -0.05) is 20.8 Å². The smallest absolute Gasteiger partial charge is 0.150 e. The van der Waals surface area contributed by atoms with Gasteiger partial charge in [-0.2, -0.15) is 0 Å². The first kappa shape index (κ1) is 16.9. The molecule has 0 aliphatic heterocycles. The summed E-state index contributed by atoms with van der Waals surface area (Å²) < 4.78 is 28.2. The normalized spacial score (nSPS) is 15.8. The molecule has 0 amide bonds. The van der Waals surface area contributed by atoms with E-state index in [0.29, 0.717) is 6.42 Å². The third kappa shape index (κ3) is 7.01. The molecule has 0 aliphatic rings. The summed E-state index contributed by atoms with van der Waals surface area (Å²) in [4.78, 5) is 0. The number of rotatable bonds is 10. The molecule has 0 aromatic carbocycles. The summed E-state index contributed by atoms with van der Waals surface area (Å²) >= 11 is 0. The molecule has 2 atom stereocenters. The molecule has 0 radical (unpaired) electrons. The van der Waals surface area contributed by atoms with Gasteiger partial charge in [0.25, 0.3) is 0 Å². The van der Waals surface area contributed by atoms with Gasteiger partial charge in [0.05, 0.1) is 11.9 Å².